The molecule has 0 saturated heterocycles. The summed E-state index contributed by atoms with van der Waals surface area (Å²) < 4.78 is 0. The molecule has 2 N–H and O–H groups in total. The quantitative estimate of drug-likeness (QED) is 0.743. The van der Waals surface area contributed by atoms with E-state index >= 15 is 0 Å². The summed E-state index contributed by atoms with van der Waals surface area (Å²) >= 11 is 1.56. The average molecular weight is 296 g/mol. The van der Waals surface area contributed by atoms with Crippen LogP contribution < -0.4 is 5.32 Å². The van der Waals surface area contributed by atoms with Gasteiger partial charge in [-0.3, -0.25) is 5.10 Å². The van der Waals surface area contributed by atoms with Gasteiger partial charge in [-0.05, 0) is 36.8 Å². The molecule has 0 saturated carbocycles. The molecule has 0 radical (unpaired) electrons. The first-order valence-electron chi connectivity index (χ1n) is 6.76. The molecule has 0 spiro atoms. The lowest BCUT2D eigenvalue weighted by Crippen LogP contribution is -2.06. The molecule has 1 aromatic heterocycles. The molecule has 2 aromatic carbocycles. The van der Waals surface area contributed by atoms with Gasteiger partial charge in [0.25, 0.3) is 0 Å². The van der Waals surface area contributed by atoms with E-state index in [1.165, 1.54) is 11.9 Å². The summed E-state index contributed by atoms with van der Waals surface area (Å²) in [7, 11) is 0. The summed E-state index contributed by atoms with van der Waals surface area (Å²) in [5, 5.41) is 11.0. The molecule has 0 aliphatic carbocycles. The maximum Gasteiger partial charge on any atom is 0.188 e. The van der Waals surface area contributed by atoms with E-state index in [4.69, 9.17) is 0 Å². The number of benzene rings is 2. The number of aromatic nitrogens is 3. The summed E-state index contributed by atoms with van der Waals surface area (Å²) in [4.78, 5) is 5.23. The van der Waals surface area contributed by atoms with Crippen LogP contribution in [0.1, 0.15) is 18.5 Å². The first-order chi connectivity index (χ1) is 10.3. The topological polar surface area (TPSA) is 53.6 Å². The SMILES string of the molecule is CC(Nc1ccc(Sc2ncn[nH]2)cc1)c1ccccc1. The third-order valence-electron chi connectivity index (χ3n) is 3.14. The van der Waals surface area contributed by atoms with Crippen LogP contribution in [0.15, 0.2) is 71.0 Å². The maximum atomic E-state index is 4.10. The Hall–Kier alpha value is -2.27. The van der Waals surface area contributed by atoms with Crippen molar-refractivity contribution in [1.29, 1.82) is 0 Å². The van der Waals surface area contributed by atoms with Crippen molar-refractivity contribution in [1.82, 2.24) is 15.2 Å². The lowest BCUT2D eigenvalue weighted by atomic mass is 10.1. The predicted octanol–water partition coefficient (Wildman–Crippen LogP) is 4.13. The zero-order valence-electron chi connectivity index (χ0n) is 11.7. The number of hydrogen-bond donors (Lipinski definition) is 2. The molecular weight excluding hydrogens is 280 g/mol. The van der Waals surface area contributed by atoms with Gasteiger partial charge in [-0.2, -0.15) is 5.10 Å². The molecule has 0 fully saturated rings. The van der Waals surface area contributed by atoms with Gasteiger partial charge < -0.3 is 5.32 Å². The van der Waals surface area contributed by atoms with Crippen LogP contribution in [0.25, 0.3) is 0 Å². The Balaban J connectivity index is 1.64. The summed E-state index contributed by atoms with van der Waals surface area (Å²) in [6, 6.07) is 19.0. The number of nitrogens with one attached hydrogen (secondary N) is 2. The Morgan fingerprint density at radius 1 is 1.05 bits per heavy atom. The van der Waals surface area contributed by atoms with E-state index < -0.39 is 0 Å². The van der Waals surface area contributed by atoms with Gasteiger partial charge in [0.05, 0.1) is 0 Å². The van der Waals surface area contributed by atoms with Crippen molar-refractivity contribution in [3.05, 3.63) is 66.5 Å². The molecule has 3 aromatic rings. The maximum absolute atomic E-state index is 4.10. The highest BCUT2D eigenvalue weighted by Gasteiger charge is 2.05. The van der Waals surface area contributed by atoms with Crippen molar-refractivity contribution >= 4 is 17.4 Å². The Morgan fingerprint density at radius 3 is 2.48 bits per heavy atom. The van der Waals surface area contributed by atoms with E-state index in [0.717, 1.165) is 15.7 Å². The van der Waals surface area contributed by atoms with Gasteiger partial charge in [-0.15, -0.1) is 0 Å². The molecule has 0 aliphatic rings. The highest BCUT2D eigenvalue weighted by molar-refractivity contribution is 7.99. The molecule has 3 rings (SSSR count). The zero-order chi connectivity index (χ0) is 14.5. The van der Waals surface area contributed by atoms with Gasteiger partial charge >= 0.3 is 0 Å². The average Bonchev–Trinajstić information content (AvgIpc) is 3.03. The molecule has 0 amide bonds. The van der Waals surface area contributed by atoms with Crippen molar-refractivity contribution in [3.8, 4) is 0 Å². The summed E-state index contributed by atoms with van der Waals surface area (Å²) in [6.07, 6.45) is 1.51. The van der Waals surface area contributed by atoms with Crippen LogP contribution in [0.5, 0.6) is 0 Å². The molecule has 1 unspecified atom stereocenters. The largest absolute Gasteiger partial charge is 0.379 e. The van der Waals surface area contributed by atoms with Gasteiger partial charge in [-0.1, -0.05) is 42.1 Å². The van der Waals surface area contributed by atoms with Crippen LogP contribution in [0, 0.1) is 0 Å². The number of aromatic amines is 1. The standard InChI is InChI=1S/C16H16N4S/c1-12(13-5-3-2-4-6-13)19-14-7-9-15(10-8-14)21-16-17-11-18-20-16/h2-12,19H,1H3,(H,17,18,20). The van der Waals surface area contributed by atoms with Crippen LogP contribution in [0.3, 0.4) is 0 Å². The van der Waals surface area contributed by atoms with Crippen LogP contribution in [-0.2, 0) is 0 Å². The second-order valence-corrected chi connectivity index (χ2v) is 5.76. The van der Waals surface area contributed by atoms with E-state index in [1.807, 2.05) is 6.07 Å². The van der Waals surface area contributed by atoms with Crippen LogP contribution in [0.4, 0.5) is 5.69 Å². The van der Waals surface area contributed by atoms with E-state index in [0.29, 0.717) is 0 Å². The Labute approximate surface area is 128 Å². The van der Waals surface area contributed by atoms with E-state index in [-0.39, 0.29) is 6.04 Å². The first-order valence-corrected chi connectivity index (χ1v) is 7.58. The minimum absolute atomic E-state index is 0.277. The van der Waals surface area contributed by atoms with Crippen LogP contribution in [0.2, 0.25) is 0 Å². The normalized spacial score (nSPS) is 12.0. The molecule has 0 bridgehead atoms. The highest BCUT2D eigenvalue weighted by Crippen LogP contribution is 2.26. The number of anilines is 1. The first kappa shape index (κ1) is 13.7. The van der Waals surface area contributed by atoms with Crippen molar-refractivity contribution in [2.75, 3.05) is 5.32 Å². The summed E-state index contributed by atoms with van der Waals surface area (Å²) in [6.45, 7) is 2.16. The van der Waals surface area contributed by atoms with Gasteiger partial charge in [0.1, 0.15) is 6.33 Å². The summed E-state index contributed by atoms with van der Waals surface area (Å²) in [5.74, 6) is 0. The Morgan fingerprint density at radius 2 is 1.81 bits per heavy atom. The van der Waals surface area contributed by atoms with Crippen molar-refractivity contribution in [2.24, 2.45) is 0 Å². The molecule has 5 heteroatoms. The van der Waals surface area contributed by atoms with E-state index in [9.17, 15) is 0 Å². The highest BCUT2D eigenvalue weighted by atomic mass is 32.2. The number of H-pyrrole nitrogens is 1. The molecule has 106 valence electrons. The third-order valence-corrected chi connectivity index (χ3v) is 4.04. The number of hydrogen-bond acceptors (Lipinski definition) is 4. The molecule has 1 heterocycles. The number of rotatable bonds is 5. The van der Waals surface area contributed by atoms with E-state index in [1.54, 1.807) is 11.8 Å². The fourth-order valence-corrected chi connectivity index (χ4v) is 2.74. The Bertz CT molecular complexity index is 665. The second-order valence-electron chi connectivity index (χ2n) is 4.69. The van der Waals surface area contributed by atoms with Crippen molar-refractivity contribution in [3.63, 3.8) is 0 Å². The minimum Gasteiger partial charge on any atom is -0.379 e. The zero-order valence-corrected chi connectivity index (χ0v) is 12.5. The summed E-state index contributed by atoms with van der Waals surface area (Å²) in [5.41, 5.74) is 2.38. The predicted molar refractivity (Wildman–Crippen MR) is 85.4 cm³/mol. The minimum atomic E-state index is 0.277. The molecular formula is C16H16N4S. The Kier molecular flexibility index (Phi) is 4.21. The van der Waals surface area contributed by atoms with Gasteiger partial charge in [0, 0.05) is 16.6 Å². The number of nitrogens with zero attached hydrogens (tertiary/aromatic N) is 2. The van der Waals surface area contributed by atoms with Crippen molar-refractivity contribution < 1.29 is 0 Å². The smallest absolute Gasteiger partial charge is 0.188 e. The van der Waals surface area contributed by atoms with E-state index in [2.05, 4.69) is 76.0 Å². The molecule has 1 atom stereocenters. The van der Waals surface area contributed by atoms with Crippen LogP contribution >= 0.6 is 11.8 Å². The monoisotopic (exact) mass is 296 g/mol. The van der Waals surface area contributed by atoms with Crippen LogP contribution in [-0.4, -0.2) is 15.2 Å². The molecule has 0 aliphatic heterocycles. The second kappa shape index (κ2) is 6.45. The van der Waals surface area contributed by atoms with Crippen molar-refractivity contribution in [2.45, 2.75) is 23.0 Å². The molecule has 21 heavy (non-hydrogen) atoms. The fourth-order valence-electron chi connectivity index (χ4n) is 2.05. The fraction of sp³-hybridized carbons (Fsp3) is 0.125. The molecule has 4 nitrogen and oxygen atoms in total. The van der Waals surface area contributed by atoms with Gasteiger partial charge in [0.15, 0.2) is 5.16 Å². The lowest BCUT2D eigenvalue weighted by Gasteiger charge is -2.15. The van der Waals surface area contributed by atoms with Gasteiger partial charge in [-0.25, -0.2) is 4.98 Å². The third kappa shape index (κ3) is 3.64. The van der Waals surface area contributed by atoms with Gasteiger partial charge in [0.2, 0.25) is 0 Å². The lowest BCUT2D eigenvalue weighted by molar-refractivity contribution is 0.884.